The lowest BCUT2D eigenvalue weighted by Gasteiger charge is -2.24. The molecule has 0 aliphatic carbocycles. The number of para-hydroxylation sites is 1. The van der Waals surface area contributed by atoms with E-state index in [2.05, 4.69) is 19.2 Å². The van der Waals surface area contributed by atoms with E-state index in [1.807, 2.05) is 32.0 Å². The zero-order chi connectivity index (χ0) is 14.4. The Morgan fingerprint density at radius 2 is 1.89 bits per heavy atom. The molecule has 1 rings (SSSR count). The van der Waals surface area contributed by atoms with Crippen LogP contribution in [0.4, 0.5) is 11.4 Å². The van der Waals surface area contributed by atoms with Crippen LogP contribution in [0.2, 0.25) is 0 Å². The van der Waals surface area contributed by atoms with Crippen molar-refractivity contribution in [3.05, 3.63) is 18.2 Å². The van der Waals surface area contributed by atoms with E-state index in [0.29, 0.717) is 18.2 Å². The fourth-order valence-corrected chi connectivity index (χ4v) is 1.81. The summed E-state index contributed by atoms with van der Waals surface area (Å²) in [4.78, 5) is 0. The van der Waals surface area contributed by atoms with E-state index >= 15 is 0 Å². The fraction of sp³-hybridized carbons (Fsp3) is 0.600. The standard InChI is InChI=1S/C15H26N2O2/c1-10(2)13(9-18-5)17-12-7-6-8-14(15(12)16)19-11(3)4/h6-8,10-11,13,17H,9,16H2,1-5H3. The third-order valence-corrected chi connectivity index (χ3v) is 2.92. The number of anilines is 2. The Hall–Kier alpha value is -1.42. The van der Waals surface area contributed by atoms with Gasteiger partial charge in [0.15, 0.2) is 0 Å². The number of nitrogens with one attached hydrogen (secondary N) is 1. The average Bonchev–Trinajstić information content (AvgIpc) is 2.32. The first-order valence-corrected chi connectivity index (χ1v) is 6.76. The van der Waals surface area contributed by atoms with Gasteiger partial charge in [-0.05, 0) is 31.9 Å². The number of methoxy groups -OCH3 is 1. The number of rotatable bonds is 7. The molecule has 0 aromatic heterocycles. The van der Waals surface area contributed by atoms with Gasteiger partial charge < -0.3 is 20.5 Å². The van der Waals surface area contributed by atoms with Crippen LogP contribution in [0.5, 0.6) is 5.75 Å². The molecule has 4 heteroatoms. The van der Waals surface area contributed by atoms with Gasteiger partial charge in [-0.2, -0.15) is 0 Å². The third-order valence-electron chi connectivity index (χ3n) is 2.92. The predicted molar refractivity (Wildman–Crippen MR) is 80.7 cm³/mol. The maximum atomic E-state index is 6.15. The van der Waals surface area contributed by atoms with Gasteiger partial charge in [0.25, 0.3) is 0 Å². The molecular weight excluding hydrogens is 240 g/mol. The number of hydrogen-bond donors (Lipinski definition) is 2. The Kier molecular flexibility index (Phi) is 5.96. The molecule has 0 bridgehead atoms. The van der Waals surface area contributed by atoms with E-state index in [4.69, 9.17) is 15.2 Å². The maximum Gasteiger partial charge on any atom is 0.144 e. The largest absolute Gasteiger partial charge is 0.489 e. The summed E-state index contributed by atoms with van der Waals surface area (Å²) < 4.78 is 10.9. The van der Waals surface area contributed by atoms with Crippen molar-refractivity contribution in [3.8, 4) is 5.75 Å². The lowest BCUT2D eigenvalue weighted by molar-refractivity contribution is 0.171. The van der Waals surface area contributed by atoms with Gasteiger partial charge in [0.1, 0.15) is 5.75 Å². The van der Waals surface area contributed by atoms with Gasteiger partial charge in [-0.1, -0.05) is 19.9 Å². The Morgan fingerprint density at radius 3 is 2.42 bits per heavy atom. The zero-order valence-corrected chi connectivity index (χ0v) is 12.6. The van der Waals surface area contributed by atoms with E-state index in [-0.39, 0.29) is 12.1 Å². The lowest BCUT2D eigenvalue weighted by atomic mass is 10.0. The van der Waals surface area contributed by atoms with Gasteiger partial charge >= 0.3 is 0 Å². The van der Waals surface area contributed by atoms with Gasteiger partial charge in [0, 0.05) is 7.11 Å². The fourth-order valence-electron chi connectivity index (χ4n) is 1.81. The first-order chi connectivity index (χ1) is 8.95. The summed E-state index contributed by atoms with van der Waals surface area (Å²) in [5.74, 6) is 1.17. The molecule has 0 saturated carbocycles. The van der Waals surface area contributed by atoms with Crippen LogP contribution in [-0.4, -0.2) is 25.9 Å². The number of nitrogen functional groups attached to an aromatic ring is 1. The Labute approximate surface area is 116 Å². The smallest absolute Gasteiger partial charge is 0.144 e. The van der Waals surface area contributed by atoms with E-state index < -0.39 is 0 Å². The molecule has 1 unspecified atom stereocenters. The van der Waals surface area contributed by atoms with Crippen LogP contribution in [0.1, 0.15) is 27.7 Å². The molecule has 108 valence electrons. The first kappa shape index (κ1) is 15.6. The van der Waals surface area contributed by atoms with E-state index in [9.17, 15) is 0 Å². The molecule has 0 aliphatic heterocycles. The van der Waals surface area contributed by atoms with Crippen LogP contribution in [0, 0.1) is 5.92 Å². The number of benzene rings is 1. The monoisotopic (exact) mass is 266 g/mol. The quantitative estimate of drug-likeness (QED) is 0.744. The highest BCUT2D eigenvalue weighted by atomic mass is 16.5. The van der Waals surface area contributed by atoms with Crippen molar-refractivity contribution in [1.29, 1.82) is 0 Å². The number of hydrogen-bond acceptors (Lipinski definition) is 4. The van der Waals surface area contributed by atoms with E-state index in [0.717, 1.165) is 11.4 Å². The van der Waals surface area contributed by atoms with Crippen LogP contribution in [0.25, 0.3) is 0 Å². The van der Waals surface area contributed by atoms with Crippen molar-refractivity contribution < 1.29 is 9.47 Å². The molecule has 0 saturated heterocycles. The predicted octanol–water partition coefficient (Wildman–Crippen LogP) is 3.14. The topological polar surface area (TPSA) is 56.5 Å². The molecule has 0 spiro atoms. The average molecular weight is 266 g/mol. The Morgan fingerprint density at radius 1 is 1.21 bits per heavy atom. The van der Waals surface area contributed by atoms with Crippen molar-refractivity contribution in [2.45, 2.75) is 39.8 Å². The summed E-state index contributed by atoms with van der Waals surface area (Å²) in [5.41, 5.74) is 7.70. The molecule has 1 atom stereocenters. The summed E-state index contributed by atoms with van der Waals surface area (Å²) in [6.45, 7) is 8.93. The van der Waals surface area contributed by atoms with Crippen LogP contribution in [-0.2, 0) is 4.74 Å². The van der Waals surface area contributed by atoms with Gasteiger partial charge in [0.2, 0.25) is 0 Å². The number of nitrogens with two attached hydrogens (primary N) is 1. The minimum Gasteiger partial charge on any atom is -0.489 e. The molecule has 0 fully saturated rings. The van der Waals surface area contributed by atoms with Gasteiger partial charge in [-0.25, -0.2) is 0 Å². The Bertz CT molecular complexity index is 392. The zero-order valence-electron chi connectivity index (χ0n) is 12.6. The second kappa shape index (κ2) is 7.24. The maximum absolute atomic E-state index is 6.15. The molecule has 4 nitrogen and oxygen atoms in total. The normalized spacial score (nSPS) is 12.8. The highest BCUT2D eigenvalue weighted by Gasteiger charge is 2.15. The minimum absolute atomic E-state index is 0.109. The van der Waals surface area contributed by atoms with Crippen molar-refractivity contribution in [2.75, 3.05) is 24.8 Å². The summed E-state index contributed by atoms with van der Waals surface area (Å²) in [6, 6.07) is 6.02. The molecule has 0 aliphatic rings. The van der Waals surface area contributed by atoms with Gasteiger partial charge in [-0.15, -0.1) is 0 Å². The second-order valence-corrected chi connectivity index (χ2v) is 5.33. The summed E-state index contributed by atoms with van der Waals surface area (Å²) >= 11 is 0. The van der Waals surface area contributed by atoms with Crippen molar-refractivity contribution in [3.63, 3.8) is 0 Å². The van der Waals surface area contributed by atoms with Crippen LogP contribution in [0.15, 0.2) is 18.2 Å². The highest BCUT2D eigenvalue weighted by molar-refractivity contribution is 5.73. The molecule has 1 aromatic carbocycles. The molecular formula is C15H26N2O2. The summed E-state index contributed by atoms with van der Waals surface area (Å²) in [6.07, 6.45) is 0.109. The van der Waals surface area contributed by atoms with Crippen LogP contribution < -0.4 is 15.8 Å². The molecule has 1 aromatic rings. The second-order valence-electron chi connectivity index (χ2n) is 5.33. The Balaban J connectivity index is 2.88. The SMILES string of the molecule is COCC(Nc1cccc(OC(C)C)c1N)C(C)C. The lowest BCUT2D eigenvalue weighted by Crippen LogP contribution is -2.30. The van der Waals surface area contributed by atoms with Crippen LogP contribution >= 0.6 is 0 Å². The summed E-state index contributed by atoms with van der Waals surface area (Å²) in [7, 11) is 1.71. The van der Waals surface area contributed by atoms with E-state index in [1.165, 1.54) is 0 Å². The molecule has 0 radical (unpaired) electrons. The molecule has 0 amide bonds. The molecule has 0 heterocycles. The third kappa shape index (κ3) is 4.63. The molecule has 19 heavy (non-hydrogen) atoms. The first-order valence-electron chi connectivity index (χ1n) is 6.76. The minimum atomic E-state index is 0.109. The number of ether oxygens (including phenoxy) is 2. The highest BCUT2D eigenvalue weighted by Crippen LogP contribution is 2.31. The van der Waals surface area contributed by atoms with Gasteiger partial charge in [0.05, 0.1) is 30.1 Å². The van der Waals surface area contributed by atoms with Crippen molar-refractivity contribution in [2.24, 2.45) is 5.92 Å². The van der Waals surface area contributed by atoms with E-state index in [1.54, 1.807) is 7.11 Å². The molecule has 3 N–H and O–H groups in total. The van der Waals surface area contributed by atoms with Crippen molar-refractivity contribution in [1.82, 2.24) is 0 Å². The van der Waals surface area contributed by atoms with Gasteiger partial charge in [-0.3, -0.25) is 0 Å². The summed E-state index contributed by atoms with van der Waals surface area (Å²) in [5, 5.41) is 3.43. The van der Waals surface area contributed by atoms with Crippen LogP contribution in [0.3, 0.4) is 0 Å². The van der Waals surface area contributed by atoms with Crippen molar-refractivity contribution >= 4 is 11.4 Å².